The van der Waals surface area contributed by atoms with Crippen molar-refractivity contribution in [1.29, 1.82) is 5.26 Å². The highest BCUT2D eigenvalue weighted by molar-refractivity contribution is 6.11. The maximum absolute atomic E-state index is 12.8. The van der Waals surface area contributed by atoms with Gasteiger partial charge >= 0.3 is 0 Å². The van der Waals surface area contributed by atoms with E-state index in [-0.39, 0.29) is 11.7 Å². The minimum Gasteiger partial charge on any atom is -0.494 e. The lowest BCUT2D eigenvalue weighted by molar-refractivity contribution is -0.112. The van der Waals surface area contributed by atoms with Crippen molar-refractivity contribution in [3.05, 3.63) is 71.8 Å². The van der Waals surface area contributed by atoms with Crippen molar-refractivity contribution in [3.8, 4) is 17.6 Å². The summed E-state index contributed by atoms with van der Waals surface area (Å²) in [5, 5.41) is 14.3. The molecular weight excluding hydrogens is 376 g/mol. The number of carbonyl (C=O) groups is 1. The molecule has 0 fully saturated rings. The molecule has 0 aliphatic carbocycles. The molecule has 1 amide bonds. The first-order valence-electron chi connectivity index (χ1n) is 9.86. The van der Waals surface area contributed by atoms with Crippen molar-refractivity contribution >= 4 is 28.4 Å². The van der Waals surface area contributed by atoms with E-state index >= 15 is 0 Å². The number of nitriles is 1. The van der Waals surface area contributed by atoms with Gasteiger partial charge in [0.05, 0.1) is 12.7 Å². The summed E-state index contributed by atoms with van der Waals surface area (Å²) < 4.78 is 11.3. The van der Waals surface area contributed by atoms with Crippen molar-refractivity contribution in [2.75, 3.05) is 11.9 Å². The lowest BCUT2D eigenvalue weighted by atomic mass is 10.0. The highest BCUT2D eigenvalue weighted by Crippen LogP contribution is 2.31. The fourth-order valence-corrected chi connectivity index (χ4v) is 3.07. The molecule has 30 heavy (non-hydrogen) atoms. The second-order valence-corrected chi connectivity index (χ2v) is 6.95. The minimum atomic E-state index is -0.481. The second kappa shape index (κ2) is 9.62. The largest absolute Gasteiger partial charge is 0.494 e. The first-order valence-corrected chi connectivity index (χ1v) is 9.86. The predicted octanol–water partition coefficient (Wildman–Crippen LogP) is 5.57. The Morgan fingerprint density at radius 2 is 1.83 bits per heavy atom. The number of carbonyl (C=O) groups excluding carboxylic acids is 1. The van der Waals surface area contributed by atoms with Gasteiger partial charge in [0.15, 0.2) is 0 Å². The molecule has 3 aromatic carbocycles. The van der Waals surface area contributed by atoms with Gasteiger partial charge in [0.25, 0.3) is 5.91 Å². The van der Waals surface area contributed by atoms with E-state index in [1.165, 1.54) is 0 Å². The SMILES string of the molecule is CCOc1ccc(NC(=O)/C(C#N)=C/c2c(OC(C)C)ccc3ccccc23)cc1. The Kier molecular flexibility index (Phi) is 6.71. The molecule has 1 N–H and O–H groups in total. The highest BCUT2D eigenvalue weighted by atomic mass is 16.5. The molecule has 0 saturated heterocycles. The van der Waals surface area contributed by atoms with Gasteiger partial charge in [-0.3, -0.25) is 4.79 Å². The molecule has 0 spiro atoms. The molecule has 0 heterocycles. The molecule has 0 aromatic heterocycles. The van der Waals surface area contributed by atoms with E-state index in [9.17, 15) is 10.1 Å². The van der Waals surface area contributed by atoms with Crippen molar-refractivity contribution < 1.29 is 14.3 Å². The molecule has 0 unspecified atom stereocenters. The normalized spacial score (nSPS) is 11.2. The number of nitrogens with one attached hydrogen (secondary N) is 1. The highest BCUT2D eigenvalue weighted by Gasteiger charge is 2.14. The van der Waals surface area contributed by atoms with Crippen LogP contribution < -0.4 is 14.8 Å². The summed E-state index contributed by atoms with van der Waals surface area (Å²) in [7, 11) is 0. The van der Waals surface area contributed by atoms with Crippen LogP contribution in [0.3, 0.4) is 0 Å². The van der Waals surface area contributed by atoms with Gasteiger partial charge in [-0.15, -0.1) is 0 Å². The van der Waals surface area contributed by atoms with Crippen LogP contribution in [0.4, 0.5) is 5.69 Å². The van der Waals surface area contributed by atoms with Crippen LogP contribution in [0.5, 0.6) is 11.5 Å². The lowest BCUT2D eigenvalue weighted by Crippen LogP contribution is -2.13. The molecule has 3 aromatic rings. The van der Waals surface area contributed by atoms with Crippen LogP contribution in [0.15, 0.2) is 66.2 Å². The zero-order valence-corrected chi connectivity index (χ0v) is 17.3. The van der Waals surface area contributed by atoms with Gasteiger partial charge < -0.3 is 14.8 Å². The van der Waals surface area contributed by atoms with Crippen LogP contribution >= 0.6 is 0 Å². The Morgan fingerprint density at radius 1 is 1.10 bits per heavy atom. The Labute approximate surface area is 176 Å². The maximum atomic E-state index is 12.8. The zero-order valence-electron chi connectivity index (χ0n) is 17.3. The van der Waals surface area contributed by atoms with Crippen LogP contribution in [0, 0.1) is 11.3 Å². The van der Waals surface area contributed by atoms with Crippen molar-refractivity contribution in [2.45, 2.75) is 26.9 Å². The zero-order chi connectivity index (χ0) is 21.5. The van der Waals surface area contributed by atoms with Gasteiger partial charge in [-0.2, -0.15) is 5.26 Å². The number of benzene rings is 3. The number of hydrogen-bond acceptors (Lipinski definition) is 4. The van der Waals surface area contributed by atoms with E-state index < -0.39 is 5.91 Å². The third-order valence-corrected chi connectivity index (χ3v) is 4.37. The smallest absolute Gasteiger partial charge is 0.266 e. The molecule has 0 saturated carbocycles. The van der Waals surface area contributed by atoms with Crippen LogP contribution in [0.25, 0.3) is 16.8 Å². The van der Waals surface area contributed by atoms with Crippen molar-refractivity contribution in [3.63, 3.8) is 0 Å². The number of amides is 1. The van der Waals surface area contributed by atoms with Crippen LogP contribution in [0.2, 0.25) is 0 Å². The third-order valence-electron chi connectivity index (χ3n) is 4.37. The molecule has 0 radical (unpaired) electrons. The minimum absolute atomic E-state index is 0.00570. The van der Waals surface area contributed by atoms with Crippen LogP contribution in [-0.2, 0) is 4.79 Å². The Hall–Kier alpha value is -3.78. The summed E-state index contributed by atoms with van der Waals surface area (Å²) in [4.78, 5) is 12.8. The summed E-state index contributed by atoms with van der Waals surface area (Å²) in [5.74, 6) is 0.869. The molecule has 5 nitrogen and oxygen atoms in total. The van der Waals surface area contributed by atoms with Gasteiger partial charge in [-0.05, 0) is 68.0 Å². The van der Waals surface area contributed by atoms with Crippen molar-refractivity contribution in [1.82, 2.24) is 0 Å². The number of fused-ring (bicyclic) bond motifs is 1. The quantitative estimate of drug-likeness (QED) is 0.416. The standard InChI is InChI=1S/C25H24N2O3/c1-4-29-21-12-10-20(11-13-21)27-25(28)19(16-26)15-23-22-8-6-5-7-18(22)9-14-24(23)30-17(2)3/h5-15,17H,4H2,1-3H3,(H,27,28)/b19-15+. The van der Waals surface area contributed by atoms with E-state index in [0.717, 1.165) is 16.5 Å². The third kappa shape index (κ3) is 4.98. The molecule has 0 atom stereocenters. The molecule has 152 valence electrons. The summed E-state index contributed by atoms with van der Waals surface area (Å²) in [6, 6.07) is 20.7. The maximum Gasteiger partial charge on any atom is 0.266 e. The van der Waals surface area contributed by atoms with Gasteiger partial charge in [0, 0.05) is 11.3 Å². The first kappa shape index (κ1) is 20.9. The number of nitrogens with zero attached hydrogens (tertiary/aromatic N) is 1. The van der Waals surface area contributed by atoms with Gasteiger partial charge in [-0.25, -0.2) is 0 Å². The number of rotatable bonds is 7. The lowest BCUT2D eigenvalue weighted by Gasteiger charge is -2.15. The Balaban J connectivity index is 1.95. The molecule has 3 rings (SSSR count). The predicted molar refractivity (Wildman–Crippen MR) is 120 cm³/mol. The van der Waals surface area contributed by atoms with Gasteiger partial charge in [-0.1, -0.05) is 30.3 Å². The summed E-state index contributed by atoms with van der Waals surface area (Å²) in [5.41, 5.74) is 1.29. The van der Waals surface area contributed by atoms with E-state index in [1.807, 2.05) is 63.2 Å². The monoisotopic (exact) mass is 400 g/mol. The first-order chi connectivity index (χ1) is 14.5. The fourth-order valence-electron chi connectivity index (χ4n) is 3.07. The Morgan fingerprint density at radius 3 is 2.50 bits per heavy atom. The number of ether oxygens (including phenoxy) is 2. The average molecular weight is 400 g/mol. The van der Waals surface area contributed by atoms with Crippen LogP contribution in [0.1, 0.15) is 26.3 Å². The topological polar surface area (TPSA) is 71.3 Å². The van der Waals surface area contributed by atoms with E-state index in [0.29, 0.717) is 23.6 Å². The molecule has 0 aliphatic heterocycles. The van der Waals surface area contributed by atoms with Crippen molar-refractivity contribution in [2.24, 2.45) is 0 Å². The van der Waals surface area contributed by atoms with Crippen LogP contribution in [-0.4, -0.2) is 18.6 Å². The summed E-state index contributed by atoms with van der Waals surface area (Å²) >= 11 is 0. The second-order valence-electron chi connectivity index (χ2n) is 6.95. The van der Waals surface area contributed by atoms with E-state index in [4.69, 9.17) is 9.47 Å². The molecule has 0 bridgehead atoms. The molecule has 0 aliphatic rings. The average Bonchev–Trinajstić information content (AvgIpc) is 2.74. The molecule has 5 heteroatoms. The summed E-state index contributed by atoms with van der Waals surface area (Å²) in [6.07, 6.45) is 1.55. The van der Waals surface area contributed by atoms with Gasteiger partial charge in [0.2, 0.25) is 0 Å². The molecular formula is C25H24N2O3. The Bertz CT molecular complexity index is 1110. The number of anilines is 1. The summed E-state index contributed by atoms with van der Waals surface area (Å²) in [6.45, 7) is 6.35. The number of hydrogen-bond donors (Lipinski definition) is 1. The van der Waals surface area contributed by atoms with E-state index in [1.54, 1.807) is 30.3 Å². The van der Waals surface area contributed by atoms with Gasteiger partial charge in [0.1, 0.15) is 23.1 Å². The van der Waals surface area contributed by atoms with E-state index in [2.05, 4.69) is 5.32 Å². The fraction of sp³-hybridized carbons (Fsp3) is 0.200.